The van der Waals surface area contributed by atoms with Crippen molar-refractivity contribution in [2.45, 2.75) is 43.7 Å². The molecule has 0 bridgehead atoms. The molecular formula is C18H22N2OS. The molecule has 0 spiro atoms. The van der Waals surface area contributed by atoms with Crippen LogP contribution in [0.4, 0.5) is 0 Å². The average Bonchev–Trinajstić information content (AvgIpc) is 2.55. The number of para-hydroxylation sites is 1. The lowest BCUT2D eigenvalue weighted by molar-refractivity contribution is -0.119. The Morgan fingerprint density at radius 3 is 2.91 bits per heavy atom. The normalized spacial score (nSPS) is 21.7. The van der Waals surface area contributed by atoms with E-state index in [1.807, 2.05) is 30.3 Å². The maximum Gasteiger partial charge on any atom is 0.230 e. The van der Waals surface area contributed by atoms with Gasteiger partial charge in [-0.05, 0) is 30.9 Å². The summed E-state index contributed by atoms with van der Waals surface area (Å²) < 4.78 is 0. The molecule has 1 saturated carbocycles. The van der Waals surface area contributed by atoms with Crippen LogP contribution in [0.5, 0.6) is 0 Å². The highest BCUT2D eigenvalue weighted by molar-refractivity contribution is 7.99. The molecule has 1 amide bonds. The fraction of sp³-hybridized carbons (Fsp3) is 0.444. The van der Waals surface area contributed by atoms with Crippen molar-refractivity contribution in [1.29, 1.82) is 0 Å². The fourth-order valence-electron chi connectivity index (χ4n) is 3.05. The minimum Gasteiger partial charge on any atom is -0.352 e. The number of aromatic nitrogens is 1. The van der Waals surface area contributed by atoms with Crippen LogP contribution >= 0.6 is 11.8 Å². The summed E-state index contributed by atoms with van der Waals surface area (Å²) in [5.41, 5.74) is 0.980. The maximum atomic E-state index is 12.1. The number of thioether (sulfide) groups is 1. The Labute approximate surface area is 135 Å². The number of nitrogens with zero attached hydrogens (tertiary/aromatic N) is 1. The van der Waals surface area contributed by atoms with Crippen molar-refractivity contribution < 1.29 is 4.79 Å². The highest BCUT2D eigenvalue weighted by Crippen LogP contribution is 2.24. The fourth-order valence-corrected chi connectivity index (χ4v) is 3.74. The third-order valence-electron chi connectivity index (χ3n) is 4.38. The van der Waals surface area contributed by atoms with Crippen molar-refractivity contribution in [3.05, 3.63) is 36.4 Å². The minimum absolute atomic E-state index is 0.124. The third kappa shape index (κ3) is 3.80. The molecule has 2 atom stereocenters. The number of benzene rings is 1. The number of nitrogens with one attached hydrogen (secondary N) is 1. The predicted octanol–water partition coefficient (Wildman–Crippen LogP) is 4.02. The second kappa shape index (κ2) is 7.14. The monoisotopic (exact) mass is 314 g/mol. The number of carbonyl (C=O) groups is 1. The van der Waals surface area contributed by atoms with E-state index in [2.05, 4.69) is 23.3 Å². The molecule has 1 heterocycles. The summed E-state index contributed by atoms with van der Waals surface area (Å²) >= 11 is 1.51. The van der Waals surface area contributed by atoms with Crippen molar-refractivity contribution in [2.24, 2.45) is 5.92 Å². The van der Waals surface area contributed by atoms with Gasteiger partial charge in [0.05, 0.1) is 16.3 Å². The molecule has 1 aliphatic rings. The summed E-state index contributed by atoms with van der Waals surface area (Å²) in [6.07, 6.45) is 4.87. The molecule has 0 unspecified atom stereocenters. The summed E-state index contributed by atoms with van der Waals surface area (Å²) in [7, 11) is 0. The lowest BCUT2D eigenvalue weighted by Crippen LogP contribution is -2.41. The van der Waals surface area contributed by atoms with Gasteiger partial charge in [0.15, 0.2) is 0 Å². The summed E-state index contributed by atoms with van der Waals surface area (Å²) in [6, 6.07) is 12.5. The summed E-state index contributed by atoms with van der Waals surface area (Å²) in [5.74, 6) is 1.16. The zero-order chi connectivity index (χ0) is 15.4. The number of amides is 1. The van der Waals surface area contributed by atoms with Crippen molar-refractivity contribution >= 4 is 28.6 Å². The number of pyridine rings is 1. The molecule has 0 saturated heterocycles. The molecule has 3 rings (SSSR count). The van der Waals surface area contributed by atoms with Gasteiger partial charge in [0.1, 0.15) is 0 Å². The summed E-state index contributed by atoms with van der Waals surface area (Å²) in [5, 5.41) is 5.23. The Kier molecular flexibility index (Phi) is 4.98. The SMILES string of the molecule is C[C@H]1CCCC[C@H]1NC(=O)CSc1ccc2ccccc2n1. The van der Waals surface area contributed by atoms with Crippen LogP contribution in [0.15, 0.2) is 41.4 Å². The van der Waals surface area contributed by atoms with E-state index in [1.165, 1.54) is 31.0 Å². The van der Waals surface area contributed by atoms with Crippen LogP contribution in [0.1, 0.15) is 32.6 Å². The number of rotatable bonds is 4. The van der Waals surface area contributed by atoms with E-state index in [0.29, 0.717) is 17.7 Å². The van der Waals surface area contributed by atoms with Gasteiger partial charge in [-0.2, -0.15) is 0 Å². The van der Waals surface area contributed by atoms with E-state index in [1.54, 1.807) is 0 Å². The molecule has 22 heavy (non-hydrogen) atoms. The number of fused-ring (bicyclic) bond motifs is 1. The van der Waals surface area contributed by atoms with Gasteiger partial charge in [-0.25, -0.2) is 4.98 Å². The van der Waals surface area contributed by atoms with Gasteiger partial charge in [-0.3, -0.25) is 4.79 Å². The lowest BCUT2D eigenvalue weighted by atomic mass is 9.86. The predicted molar refractivity (Wildman–Crippen MR) is 92.0 cm³/mol. The van der Waals surface area contributed by atoms with Gasteiger partial charge >= 0.3 is 0 Å². The first-order chi connectivity index (χ1) is 10.7. The van der Waals surface area contributed by atoms with Crippen molar-refractivity contribution in [3.63, 3.8) is 0 Å². The van der Waals surface area contributed by atoms with Gasteiger partial charge < -0.3 is 5.32 Å². The van der Waals surface area contributed by atoms with Crippen LogP contribution in [0.25, 0.3) is 10.9 Å². The Morgan fingerprint density at radius 2 is 2.05 bits per heavy atom. The molecule has 1 N–H and O–H groups in total. The largest absolute Gasteiger partial charge is 0.352 e. The number of carbonyl (C=O) groups excluding carboxylic acids is 1. The topological polar surface area (TPSA) is 42.0 Å². The van der Waals surface area contributed by atoms with Crippen molar-refractivity contribution in [2.75, 3.05) is 5.75 Å². The molecule has 0 aliphatic heterocycles. The molecule has 116 valence electrons. The van der Waals surface area contributed by atoms with Gasteiger partial charge in [0.2, 0.25) is 5.91 Å². The number of hydrogen-bond donors (Lipinski definition) is 1. The van der Waals surface area contributed by atoms with Gasteiger partial charge in [0.25, 0.3) is 0 Å². The summed E-state index contributed by atoms with van der Waals surface area (Å²) in [4.78, 5) is 16.7. The minimum atomic E-state index is 0.124. The quantitative estimate of drug-likeness (QED) is 0.867. The molecular weight excluding hydrogens is 292 g/mol. The van der Waals surface area contributed by atoms with Crippen LogP contribution < -0.4 is 5.32 Å². The molecule has 1 aromatic heterocycles. The standard InChI is InChI=1S/C18H22N2OS/c1-13-6-2-4-8-15(13)19-17(21)12-22-18-11-10-14-7-3-5-9-16(14)20-18/h3,5,7,9-11,13,15H,2,4,6,8,12H2,1H3,(H,19,21)/t13-,15+/m0/s1. The molecule has 4 heteroatoms. The summed E-state index contributed by atoms with van der Waals surface area (Å²) in [6.45, 7) is 2.24. The van der Waals surface area contributed by atoms with Crippen LogP contribution in [-0.2, 0) is 4.79 Å². The van der Waals surface area contributed by atoms with Crippen LogP contribution in [0, 0.1) is 5.92 Å². The lowest BCUT2D eigenvalue weighted by Gasteiger charge is -2.29. The van der Waals surface area contributed by atoms with Crippen LogP contribution in [0.3, 0.4) is 0 Å². The van der Waals surface area contributed by atoms with E-state index < -0.39 is 0 Å². The smallest absolute Gasteiger partial charge is 0.230 e. The van der Waals surface area contributed by atoms with E-state index in [-0.39, 0.29) is 5.91 Å². The van der Waals surface area contributed by atoms with E-state index in [9.17, 15) is 4.79 Å². The maximum absolute atomic E-state index is 12.1. The molecule has 1 aliphatic carbocycles. The zero-order valence-corrected chi connectivity index (χ0v) is 13.7. The molecule has 1 aromatic carbocycles. The van der Waals surface area contributed by atoms with E-state index in [4.69, 9.17) is 0 Å². The Bertz CT molecular complexity index is 658. The Hall–Kier alpha value is -1.55. The second-order valence-electron chi connectivity index (χ2n) is 6.07. The van der Waals surface area contributed by atoms with Gasteiger partial charge in [-0.1, -0.05) is 55.8 Å². The first-order valence-electron chi connectivity index (χ1n) is 8.00. The van der Waals surface area contributed by atoms with Gasteiger partial charge in [0, 0.05) is 11.4 Å². The van der Waals surface area contributed by atoms with Gasteiger partial charge in [-0.15, -0.1) is 0 Å². The molecule has 3 nitrogen and oxygen atoms in total. The number of hydrogen-bond acceptors (Lipinski definition) is 3. The molecule has 2 aromatic rings. The first kappa shape index (κ1) is 15.3. The van der Waals surface area contributed by atoms with Crippen LogP contribution in [0.2, 0.25) is 0 Å². The molecule has 0 radical (unpaired) electrons. The third-order valence-corrected chi connectivity index (χ3v) is 5.31. The Balaban J connectivity index is 1.55. The first-order valence-corrected chi connectivity index (χ1v) is 8.99. The van der Waals surface area contributed by atoms with Crippen LogP contribution in [-0.4, -0.2) is 22.7 Å². The highest BCUT2D eigenvalue weighted by atomic mass is 32.2. The zero-order valence-electron chi connectivity index (χ0n) is 12.9. The highest BCUT2D eigenvalue weighted by Gasteiger charge is 2.22. The Morgan fingerprint density at radius 1 is 1.23 bits per heavy atom. The van der Waals surface area contributed by atoms with E-state index in [0.717, 1.165) is 22.3 Å². The second-order valence-corrected chi connectivity index (χ2v) is 7.06. The van der Waals surface area contributed by atoms with E-state index >= 15 is 0 Å². The van der Waals surface area contributed by atoms with Crippen molar-refractivity contribution in [1.82, 2.24) is 10.3 Å². The molecule has 1 fully saturated rings. The van der Waals surface area contributed by atoms with Crippen molar-refractivity contribution in [3.8, 4) is 0 Å². The average molecular weight is 314 g/mol.